The van der Waals surface area contributed by atoms with Gasteiger partial charge in [-0.05, 0) is 35.8 Å². The summed E-state index contributed by atoms with van der Waals surface area (Å²) in [4.78, 5) is 33.7. The van der Waals surface area contributed by atoms with Crippen molar-refractivity contribution in [1.29, 1.82) is 0 Å². The molecule has 0 spiro atoms. The lowest BCUT2D eigenvalue weighted by atomic mass is 10.2. The van der Waals surface area contributed by atoms with Crippen molar-refractivity contribution in [2.24, 2.45) is 0 Å². The maximum Gasteiger partial charge on any atom is 0.416 e. The number of nitro benzene ring substituents is 1. The minimum atomic E-state index is -0.654. The topological polar surface area (TPSA) is 89.8 Å². The number of carbonyl (C=O) groups excluding carboxylic acids is 2. The molecule has 7 heteroatoms. The Bertz CT molecular complexity index is 816. The lowest BCUT2D eigenvalue weighted by Crippen LogP contribution is -2.29. The molecule has 2 amide bonds. The van der Waals surface area contributed by atoms with E-state index in [1.54, 1.807) is 0 Å². The molecule has 0 bridgehead atoms. The normalized spacial score (nSPS) is 13.1. The Labute approximate surface area is 157 Å². The van der Waals surface area contributed by atoms with Crippen LogP contribution in [0.5, 0.6) is 0 Å². The van der Waals surface area contributed by atoms with Crippen molar-refractivity contribution in [2.75, 3.05) is 13.2 Å². The molecule has 1 heterocycles. The molecule has 3 rings (SSSR count). The fourth-order valence-corrected chi connectivity index (χ4v) is 2.27. The van der Waals surface area contributed by atoms with Gasteiger partial charge >= 0.3 is 6.09 Å². The second-order valence-electron chi connectivity index (χ2n) is 5.63. The first-order valence-corrected chi connectivity index (χ1v) is 8.46. The number of ether oxygens (including phenoxy) is 1. The van der Waals surface area contributed by atoms with Crippen LogP contribution < -0.4 is 0 Å². The molecule has 7 nitrogen and oxygen atoms in total. The number of benzene rings is 2. The molecule has 1 fully saturated rings. The Hall–Kier alpha value is -3.48. The number of imide groups is 1. The summed E-state index contributed by atoms with van der Waals surface area (Å²) in [6.07, 6.45) is 3.20. The van der Waals surface area contributed by atoms with Crippen LogP contribution in [0.15, 0.2) is 60.7 Å². The average Bonchev–Trinajstić information content (AvgIpc) is 3.13. The number of cyclic esters (lactones) is 1. The van der Waals surface area contributed by atoms with Crippen molar-refractivity contribution in [3.05, 3.63) is 81.9 Å². The van der Waals surface area contributed by atoms with Gasteiger partial charge in [-0.2, -0.15) is 0 Å². The predicted octanol–water partition coefficient (Wildman–Crippen LogP) is 3.84. The summed E-state index contributed by atoms with van der Waals surface area (Å²) in [7, 11) is 0. The number of carbonyl (C=O) groups is 2. The molecule has 0 saturated carbocycles. The third-order valence-electron chi connectivity index (χ3n) is 3.80. The molecule has 1 aliphatic rings. The van der Waals surface area contributed by atoms with E-state index in [0.29, 0.717) is 5.56 Å². The number of non-ortho nitro benzene ring substituents is 1. The van der Waals surface area contributed by atoms with E-state index in [9.17, 15) is 19.7 Å². The number of hydrogen-bond acceptors (Lipinski definition) is 5. The van der Waals surface area contributed by atoms with Gasteiger partial charge in [-0.25, -0.2) is 9.69 Å². The van der Waals surface area contributed by atoms with Gasteiger partial charge in [-0.3, -0.25) is 14.9 Å². The van der Waals surface area contributed by atoms with Crippen LogP contribution in [0.4, 0.5) is 10.5 Å². The summed E-state index contributed by atoms with van der Waals surface area (Å²) < 4.78 is 4.64. The number of hydrogen-bond donors (Lipinski definition) is 0. The molecule has 2 aromatic carbocycles. The quantitative estimate of drug-likeness (QED) is 0.465. The first-order chi connectivity index (χ1) is 13.0. The van der Waals surface area contributed by atoms with E-state index in [4.69, 9.17) is 0 Å². The van der Waals surface area contributed by atoms with E-state index in [1.807, 2.05) is 6.07 Å². The highest BCUT2D eigenvalue weighted by molar-refractivity contribution is 6.01. The molecule has 0 atom stereocenters. The third kappa shape index (κ3) is 6.07. The van der Waals surface area contributed by atoms with Crippen LogP contribution in [0.3, 0.4) is 0 Å². The van der Waals surface area contributed by atoms with Crippen molar-refractivity contribution in [3.63, 3.8) is 0 Å². The maximum absolute atomic E-state index is 11.6. The first kappa shape index (κ1) is 19.8. The zero-order chi connectivity index (χ0) is 19.6. The third-order valence-corrected chi connectivity index (χ3v) is 3.80. The zero-order valence-corrected chi connectivity index (χ0v) is 14.9. The maximum atomic E-state index is 11.6. The molecule has 2 aromatic rings. The summed E-state index contributed by atoms with van der Waals surface area (Å²) in [6, 6.07) is 16.2. The monoisotopic (exact) mass is 368 g/mol. The van der Waals surface area contributed by atoms with Crippen molar-refractivity contribution >= 4 is 23.8 Å². The largest absolute Gasteiger partial charge is 0.447 e. The molecule has 27 heavy (non-hydrogen) atoms. The summed E-state index contributed by atoms with van der Waals surface area (Å²) in [5, 5.41) is 10.5. The molecule has 0 unspecified atom stereocenters. The molecule has 0 aromatic heterocycles. The van der Waals surface area contributed by atoms with Crippen LogP contribution in [0.2, 0.25) is 0 Å². The van der Waals surface area contributed by atoms with Gasteiger partial charge in [-0.1, -0.05) is 37.3 Å². The summed E-state index contributed by atoms with van der Waals surface area (Å²) in [6.45, 7) is 2.60. The van der Waals surface area contributed by atoms with Gasteiger partial charge < -0.3 is 4.74 Å². The van der Waals surface area contributed by atoms with Crippen LogP contribution in [0.1, 0.15) is 18.1 Å². The van der Waals surface area contributed by atoms with E-state index in [2.05, 4.69) is 35.9 Å². The average molecular weight is 368 g/mol. The lowest BCUT2D eigenvalue weighted by Gasteiger charge is -2.06. The standard InChI is InChI=1S/C12H10N2O5.C8H10/c15-11(13-7-8-19-12(13)16)6-3-9-1-4-10(5-2-9)14(17)18;1-2-8-6-4-3-5-7-8/h1-6H,7-8H2;3-7H,2H2,1H3/b6-3+;. The van der Waals surface area contributed by atoms with Crippen LogP contribution >= 0.6 is 0 Å². The predicted molar refractivity (Wildman–Crippen MR) is 101 cm³/mol. The minimum Gasteiger partial charge on any atom is -0.447 e. The van der Waals surface area contributed by atoms with E-state index in [0.717, 1.165) is 11.3 Å². The van der Waals surface area contributed by atoms with Gasteiger partial charge in [0.1, 0.15) is 6.61 Å². The van der Waals surface area contributed by atoms with Crippen molar-refractivity contribution in [1.82, 2.24) is 4.90 Å². The second-order valence-corrected chi connectivity index (χ2v) is 5.63. The van der Waals surface area contributed by atoms with Crippen molar-refractivity contribution in [2.45, 2.75) is 13.3 Å². The Morgan fingerprint density at radius 1 is 1.19 bits per heavy atom. The fourth-order valence-electron chi connectivity index (χ4n) is 2.27. The second kappa shape index (κ2) is 9.86. The van der Waals surface area contributed by atoms with E-state index >= 15 is 0 Å². The summed E-state index contributed by atoms with van der Waals surface area (Å²) in [5.41, 5.74) is 2.02. The highest BCUT2D eigenvalue weighted by Gasteiger charge is 2.26. The number of nitrogens with zero attached hydrogens (tertiary/aromatic N) is 2. The Morgan fingerprint density at radius 2 is 1.85 bits per heavy atom. The molecular weight excluding hydrogens is 348 g/mol. The Kier molecular flexibility index (Phi) is 7.25. The minimum absolute atomic E-state index is 0.0217. The van der Waals surface area contributed by atoms with Gasteiger partial charge in [0.25, 0.3) is 11.6 Å². The number of rotatable bonds is 4. The molecule has 0 radical (unpaired) electrons. The van der Waals surface area contributed by atoms with E-state index in [1.165, 1.54) is 42.0 Å². The Balaban J connectivity index is 0.000000273. The number of amides is 2. The van der Waals surface area contributed by atoms with Gasteiger partial charge in [-0.15, -0.1) is 0 Å². The lowest BCUT2D eigenvalue weighted by molar-refractivity contribution is -0.384. The molecule has 0 aliphatic carbocycles. The zero-order valence-electron chi connectivity index (χ0n) is 14.9. The molecular formula is C20H20N2O5. The molecule has 140 valence electrons. The molecule has 0 N–H and O–H groups in total. The molecule has 1 aliphatic heterocycles. The fraction of sp³-hybridized carbons (Fsp3) is 0.200. The number of aryl methyl sites for hydroxylation is 1. The van der Waals surface area contributed by atoms with Crippen LogP contribution in [-0.2, 0) is 16.0 Å². The summed E-state index contributed by atoms with van der Waals surface area (Å²) >= 11 is 0. The van der Waals surface area contributed by atoms with E-state index < -0.39 is 16.9 Å². The highest BCUT2D eigenvalue weighted by Crippen LogP contribution is 2.13. The smallest absolute Gasteiger partial charge is 0.416 e. The Morgan fingerprint density at radius 3 is 2.33 bits per heavy atom. The van der Waals surface area contributed by atoms with Gasteiger partial charge in [0, 0.05) is 18.2 Å². The van der Waals surface area contributed by atoms with Crippen LogP contribution in [0.25, 0.3) is 6.08 Å². The van der Waals surface area contributed by atoms with Crippen molar-refractivity contribution < 1.29 is 19.2 Å². The summed E-state index contributed by atoms with van der Waals surface area (Å²) in [5.74, 6) is -0.471. The molecule has 1 saturated heterocycles. The number of nitro groups is 1. The SMILES string of the molecule is CCc1ccccc1.O=C(/C=C/c1ccc([N+](=O)[O-])cc1)N1CCOC1=O. The first-order valence-electron chi connectivity index (χ1n) is 8.46. The van der Waals surface area contributed by atoms with Gasteiger partial charge in [0.05, 0.1) is 11.5 Å². The van der Waals surface area contributed by atoms with Crippen LogP contribution in [-0.4, -0.2) is 35.0 Å². The highest BCUT2D eigenvalue weighted by atomic mass is 16.6. The van der Waals surface area contributed by atoms with Gasteiger partial charge in [0.15, 0.2) is 0 Å². The van der Waals surface area contributed by atoms with Crippen LogP contribution in [0, 0.1) is 10.1 Å². The van der Waals surface area contributed by atoms with E-state index in [-0.39, 0.29) is 18.8 Å². The van der Waals surface area contributed by atoms with Gasteiger partial charge in [0.2, 0.25) is 0 Å². The van der Waals surface area contributed by atoms with Crippen molar-refractivity contribution in [3.8, 4) is 0 Å².